The summed E-state index contributed by atoms with van der Waals surface area (Å²) < 4.78 is 86.8. The summed E-state index contributed by atoms with van der Waals surface area (Å²) in [5.74, 6) is 0.680. The Bertz CT molecular complexity index is 1160. The van der Waals surface area contributed by atoms with Crippen molar-refractivity contribution >= 4 is 81.7 Å². The number of sulfone groups is 3. The average molecular weight is 666 g/mol. The Hall–Kier alpha value is -1.08. The van der Waals surface area contributed by atoms with Crippen molar-refractivity contribution < 1.29 is 39.5 Å². The molecule has 0 aromatic heterocycles. The zero-order chi connectivity index (χ0) is 28.7. The van der Waals surface area contributed by atoms with Crippen molar-refractivity contribution in [3.63, 3.8) is 0 Å². The van der Waals surface area contributed by atoms with Gasteiger partial charge in [-0.15, -0.1) is 0 Å². The number of rotatable bonds is 11. The highest BCUT2D eigenvalue weighted by atomic mass is 32.2. The zero-order valence-electron chi connectivity index (χ0n) is 21.3. The van der Waals surface area contributed by atoms with Crippen LogP contribution in [0.15, 0.2) is 0 Å². The van der Waals surface area contributed by atoms with Crippen LogP contribution in [0.4, 0.5) is 0 Å². The second-order valence-electron chi connectivity index (χ2n) is 10.2. The molecule has 3 fully saturated rings. The Balaban J connectivity index is 1.44. The third-order valence-electron chi connectivity index (χ3n) is 6.66. The van der Waals surface area contributed by atoms with Gasteiger partial charge >= 0.3 is 0 Å². The summed E-state index contributed by atoms with van der Waals surface area (Å²) in [5, 5.41) is 8.96. The molecular weight excluding hydrogens is 631 g/mol. The van der Waals surface area contributed by atoms with Crippen molar-refractivity contribution in [3.05, 3.63) is 0 Å². The van der Waals surface area contributed by atoms with E-state index in [0.29, 0.717) is 38.9 Å². The molecule has 224 valence electrons. The minimum absolute atomic E-state index is 0.0404. The van der Waals surface area contributed by atoms with Crippen molar-refractivity contribution in [2.24, 2.45) is 17.8 Å². The second kappa shape index (κ2) is 14.2. The van der Waals surface area contributed by atoms with E-state index in [4.69, 9.17) is 50.9 Å². The van der Waals surface area contributed by atoms with Gasteiger partial charge in [0.1, 0.15) is 13.2 Å². The summed E-state index contributed by atoms with van der Waals surface area (Å²) in [7, 11) is -9.00. The van der Waals surface area contributed by atoms with E-state index >= 15 is 0 Å². The van der Waals surface area contributed by atoms with E-state index in [1.807, 2.05) is 0 Å². The molecule has 0 bridgehead atoms. The first-order valence-corrected chi connectivity index (χ1v) is 19.3. The lowest BCUT2D eigenvalue weighted by atomic mass is 10.1. The summed E-state index contributed by atoms with van der Waals surface area (Å²) in [5.41, 5.74) is 0. The lowest BCUT2D eigenvalue weighted by molar-refractivity contribution is 0.0617. The van der Waals surface area contributed by atoms with Crippen LogP contribution in [0.3, 0.4) is 0 Å². The Morgan fingerprint density at radius 1 is 0.615 bits per heavy atom. The largest absolute Gasteiger partial charge is 0.467 e. The van der Waals surface area contributed by atoms with E-state index in [1.54, 1.807) is 0 Å². The molecule has 3 saturated heterocycles. The first-order valence-electron chi connectivity index (χ1n) is 12.6. The van der Waals surface area contributed by atoms with Crippen LogP contribution in [0.1, 0.15) is 19.3 Å². The van der Waals surface area contributed by atoms with Gasteiger partial charge in [-0.2, -0.15) is 0 Å². The van der Waals surface area contributed by atoms with Gasteiger partial charge in [0, 0.05) is 19.6 Å². The van der Waals surface area contributed by atoms with Crippen molar-refractivity contribution in [1.82, 2.24) is 16.0 Å². The monoisotopic (exact) mass is 665 g/mol. The summed E-state index contributed by atoms with van der Waals surface area (Å²) in [6.07, 6.45) is 0.946. The zero-order valence-corrected chi connectivity index (χ0v) is 26.2. The molecule has 0 aromatic rings. The Kier molecular flexibility index (Phi) is 11.8. The van der Waals surface area contributed by atoms with E-state index < -0.39 is 35.6 Å². The number of hydrogen-bond acceptors (Lipinski definition) is 12. The van der Waals surface area contributed by atoms with Gasteiger partial charge < -0.3 is 30.2 Å². The molecule has 0 aliphatic carbocycles. The molecule has 0 radical (unpaired) electrons. The minimum Gasteiger partial charge on any atom is -0.467 e. The molecule has 0 aromatic carbocycles. The average Bonchev–Trinajstić information content (AvgIpc) is 3.51. The maximum Gasteiger partial charge on any atom is 0.257 e. The fraction of sp³-hybridized carbons (Fsp3) is 0.857. The van der Waals surface area contributed by atoms with Crippen molar-refractivity contribution in [2.45, 2.75) is 25.4 Å². The third kappa shape index (κ3) is 12.1. The Morgan fingerprint density at radius 3 is 1.26 bits per heavy atom. The predicted molar refractivity (Wildman–Crippen MR) is 159 cm³/mol. The fourth-order valence-corrected chi connectivity index (χ4v) is 10.6. The molecule has 3 rings (SSSR count). The van der Waals surface area contributed by atoms with Crippen LogP contribution in [0.25, 0.3) is 0 Å². The predicted octanol–water partition coefficient (Wildman–Crippen LogP) is -0.668. The normalized spacial score (nSPS) is 27.2. The molecule has 3 heterocycles. The van der Waals surface area contributed by atoms with E-state index in [9.17, 15) is 25.3 Å². The molecule has 3 N–H and O–H groups in total. The first kappa shape index (κ1) is 32.4. The van der Waals surface area contributed by atoms with Crippen molar-refractivity contribution in [2.75, 3.05) is 67.4 Å². The highest BCUT2D eigenvalue weighted by Crippen LogP contribution is 2.19. The number of ether oxygens (including phenoxy) is 3. The van der Waals surface area contributed by atoms with E-state index in [1.165, 1.54) is 0 Å². The molecular formula is C21H35N3O9S6. The molecule has 12 nitrogen and oxygen atoms in total. The van der Waals surface area contributed by atoms with Gasteiger partial charge in [0.05, 0.1) is 34.5 Å². The van der Waals surface area contributed by atoms with Gasteiger partial charge in [0.25, 0.3) is 15.5 Å². The maximum absolute atomic E-state index is 11.7. The van der Waals surface area contributed by atoms with Gasteiger partial charge in [0.2, 0.25) is 0 Å². The molecule has 0 spiro atoms. The lowest BCUT2D eigenvalue weighted by Gasteiger charge is -2.22. The molecule has 3 aliphatic heterocycles. The van der Waals surface area contributed by atoms with E-state index in [0.717, 1.165) is 0 Å². The number of nitrogens with one attached hydrogen (secondary N) is 3. The van der Waals surface area contributed by atoms with Crippen LogP contribution >= 0.6 is 36.7 Å². The number of hydrogen-bond donors (Lipinski definition) is 3. The lowest BCUT2D eigenvalue weighted by Crippen LogP contribution is -2.39. The van der Waals surface area contributed by atoms with Gasteiger partial charge in [0.15, 0.2) is 35.6 Å². The molecule has 3 unspecified atom stereocenters. The van der Waals surface area contributed by atoms with Gasteiger partial charge in [-0.05, 0) is 73.7 Å². The molecule has 0 amide bonds. The standard InChI is InChI=1S/C21H35N3O9S6/c25-37(26)4-1-15(12-37)7-22-19(34)31-10-18(33-21(36)24-9-17-3-6-39(29,30)14-17)11-32-20(35)23-8-16-2-5-38(27,28)13-16/h15-18H,1-14H2,(H,22,34)(H,23,35)(H,24,36). The van der Waals surface area contributed by atoms with Crippen LogP contribution in [-0.4, -0.2) is 114 Å². The Morgan fingerprint density at radius 2 is 0.949 bits per heavy atom. The van der Waals surface area contributed by atoms with Crippen LogP contribution in [-0.2, 0) is 43.7 Å². The summed E-state index contributed by atoms with van der Waals surface area (Å²) in [6.45, 7) is 0.974. The van der Waals surface area contributed by atoms with Gasteiger partial charge in [-0.1, -0.05) is 0 Å². The molecule has 18 heteroatoms. The SMILES string of the molecule is O=S1(=O)CCC(CNC(=S)OCC(COC(=S)NCC2CCS(=O)(=O)C2)OC(=S)NCC2CCS(=O)(=O)C2)C1. The van der Waals surface area contributed by atoms with Crippen molar-refractivity contribution in [3.8, 4) is 0 Å². The van der Waals surface area contributed by atoms with Gasteiger partial charge in [-0.3, -0.25) is 0 Å². The third-order valence-corrected chi connectivity index (χ3v) is 12.9. The van der Waals surface area contributed by atoms with Gasteiger partial charge in [-0.25, -0.2) is 25.3 Å². The smallest absolute Gasteiger partial charge is 0.257 e. The molecule has 3 atom stereocenters. The fourth-order valence-electron chi connectivity index (χ4n) is 4.53. The van der Waals surface area contributed by atoms with Crippen LogP contribution in [0.5, 0.6) is 0 Å². The van der Waals surface area contributed by atoms with E-state index in [2.05, 4.69) is 16.0 Å². The summed E-state index contributed by atoms with van der Waals surface area (Å²) >= 11 is 15.7. The quantitative estimate of drug-likeness (QED) is 0.238. The van der Waals surface area contributed by atoms with E-state index in [-0.39, 0.29) is 81.0 Å². The number of thiocarbonyl (C=S) groups is 3. The maximum atomic E-state index is 11.7. The molecule has 0 saturated carbocycles. The minimum atomic E-state index is -3.01. The Labute approximate surface area is 246 Å². The van der Waals surface area contributed by atoms with Crippen LogP contribution in [0.2, 0.25) is 0 Å². The molecule has 3 aliphatic rings. The van der Waals surface area contributed by atoms with Crippen molar-refractivity contribution in [1.29, 1.82) is 0 Å². The first-order chi connectivity index (χ1) is 18.2. The second-order valence-corrected chi connectivity index (χ2v) is 18.0. The molecule has 39 heavy (non-hydrogen) atoms. The van der Waals surface area contributed by atoms with Crippen LogP contribution in [0, 0.1) is 17.8 Å². The highest BCUT2D eigenvalue weighted by Gasteiger charge is 2.30. The highest BCUT2D eigenvalue weighted by molar-refractivity contribution is 7.92. The topological polar surface area (TPSA) is 166 Å². The summed E-state index contributed by atoms with van der Waals surface area (Å²) in [4.78, 5) is 0. The van der Waals surface area contributed by atoms with Crippen LogP contribution < -0.4 is 16.0 Å². The summed E-state index contributed by atoms with van der Waals surface area (Å²) in [6, 6.07) is 0.